The van der Waals surface area contributed by atoms with Gasteiger partial charge in [-0.15, -0.1) is 0 Å². The summed E-state index contributed by atoms with van der Waals surface area (Å²) in [5.41, 5.74) is 1.74. The monoisotopic (exact) mass is 532 g/mol. The van der Waals surface area contributed by atoms with Crippen molar-refractivity contribution in [3.8, 4) is 0 Å². The zero-order valence-electron chi connectivity index (χ0n) is 15.0. The Bertz CT molecular complexity index is 1060. The molecule has 3 rings (SSSR count). The third-order valence-corrected chi connectivity index (χ3v) is 5.28. The fourth-order valence-corrected chi connectivity index (χ4v) is 3.20. The standard InChI is InChI=1S/C22H15Br2ClN2O2/c23-15-7-5-14(6-8-15)13-20(22(29)26-17-11-9-16(24)10-12-17)27-21(28)18-3-1-2-4-19(18)25/h1-13H,(H,26,29)(H,27,28)/b20-13+. The number of carbonyl (C=O) groups is 2. The third-order valence-electron chi connectivity index (χ3n) is 3.89. The summed E-state index contributed by atoms with van der Waals surface area (Å²) in [4.78, 5) is 25.6. The summed E-state index contributed by atoms with van der Waals surface area (Å²) in [6, 6.07) is 21.2. The number of hydrogen-bond donors (Lipinski definition) is 2. The fraction of sp³-hybridized carbons (Fsp3) is 0. The Morgan fingerprint density at radius 3 is 2.03 bits per heavy atom. The zero-order valence-corrected chi connectivity index (χ0v) is 18.9. The molecular weight excluding hydrogens is 520 g/mol. The van der Waals surface area contributed by atoms with E-state index in [0.29, 0.717) is 10.7 Å². The van der Waals surface area contributed by atoms with Crippen LogP contribution in [0.15, 0.2) is 87.4 Å². The largest absolute Gasteiger partial charge is 0.321 e. The Morgan fingerprint density at radius 1 is 0.828 bits per heavy atom. The van der Waals surface area contributed by atoms with Gasteiger partial charge in [0.25, 0.3) is 11.8 Å². The van der Waals surface area contributed by atoms with Crippen LogP contribution in [0, 0.1) is 0 Å². The Kier molecular flexibility index (Phi) is 7.25. The number of hydrogen-bond acceptors (Lipinski definition) is 2. The highest BCUT2D eigenvalue weighted by Crippen LogP contribution is 2.18. The molecule has 2 N–H and O–H groups in total. The van der Waals surface area contributed by atoms with Crippen molar-refractivity contribution in [1.82, 2.24) is 5.32 Å². The van der Waals surface area contributed by atoms with E-state index >= 15 is 0 Å². The SMILES string of the molecule is O=C(Nc1ccc(Br)cc1)/C(=C\c1ccc(Br)cc1)NC(=O)c1ccccc1Cl. The molecule has 0 saturated heterocycles. The molecule has 0 fully saturated rings. The van der Waals surface area contributed by atoms with Crippen LogP contribution in [0.1, 0.15) is 15.9 Å². The smallest absolute Gasteiger partial charge is 0.272 e. The maximum absolute atomic E-state index is 12.9. The van der Waals surface area contributed by atoms with Gasteiger partial charge in [-0.3, -0.25) is 9.59 Å². The summed E-state index contributed by atoms with van der Waals surface area (Å²) in [5.74, 6) is -0.916. The van der Waals surface area contributed by atoms with Crippen LogP contribution >= 0.6 is 43.5 Å². The molecule has 0 aliphatic heterocycles. The molecule has 7 heteroatoms. The van der Waals surface area contributed by atoms with Crippen molar-refractivity contribution >= 4 is 67.0 Å². The lowest BCUT2D eigenvalue weighted by Gasteiger charge is -2.12. The predicted octanol–water partition coefficient (Wildman–Crippen LogP) is 6.27. The van der Waals surface area contributed by atoms with Gasteiger partial charge in [-0.1, -0.05) is 67.7 Å². The Morgan fingerprint density at radius 2 is 1.41 bits per heavy atom. The maximum Gasteiger partial charge on any atom is 0.272 e. The van der Waals surface area contributed by atoms with E-state index < -0.39 is 11.8 Å². The highest BCUT2D eigenvalue weighted by atomic mass is 79.9. The highest BCUT2D eigenvalue weighted by Gasteiger charge is 2.16. The highest BCUT2D eigenvalue weighted by molar-refractivity contribution is 9.10. The molecule has 0 aliphatic rings. The number of halogens is 3. The predicted molar refractivity (Wildman–Crippen MR) is 124 cm³/mol. The molecule has 0 heterocycles. The Labute approximate surface area is 190 Å². The zero-order chi connectivity index (χ0) is 20.8. The van der Waals surface area contributed by atoms with Crippen LogP contribution in [-0.4, -0.2) is 11.8 Å². The average molecular weight is 535 g/mol. The first kappa shape index (κ1) is 21.3. The molecule has 0 atom stereocenters. The molecule has 4 nitrogen and oxygen atoms in total. The van der Waals surface area contributed by atoms with E-state index in [9.17, 15) is 9.59 Å². The van der Waals surface area contributed by atoms with Crippen molar-refractivity contribution in [2.24, 2.45) is 0 Å². The Balaban J connectivity index is 1.89. The van der Waals surface area contributed by atoms with Gasteiger partial charge in [0.05, 0.1) is 10.6 Å². The van der Waals surface area contributed by atoms with Crippen LogP contribution in [0.3, 0.4) is 0 Å². The minimum absolute atomic E-state index is 0.0974. The number of benzene rings is 3. The van der Waals surface area contributed by atoms with Crippen molar-refractivity contribution in [2.45, 2.75) is 0 Å². The molecule has 0 aliphatic carbocycles. The lowest BCUT2D eigenvalue weighted by Crippen LogP contribution is -2.30. The second-order valence-corrected chi connectivity index (χ2v) is 8.24. The molecule has 0 spiro atoms. The van der Waals surface area contributed by atoms with Gasteiger partial charge in [0.2, 0.25) is 0 Å². The third kappa shape index (κ3) is 6.03. The number of nitrogens with one attached hydrogen (secondary N) is 2. The molecule has 0 bridgehead atoms. The van der Waals surface area contributed by atoms with Crippen LogP contribution in [0.5, 0.6) is 0 Å². The number of anilines is 1. The van der Waals surface area contributed by atoms with Gasteiger partial charge in [0, 0.05) is 14.6 Å². The lowest BCUT2D eigenvalue weighted by molar-refractivity contribution is -0.113. The summed E-state index contributed by atoms with van der Waals surface area (Å²) in [7, 11) is 0. The van der Waals surface area contributed by atoms with Gasteiger partial charge >= 0.3 is 0 Å². The first-order chi connectivity index (χ1) is 13.9. The number of amides is 2. The molecular formula is C22H15Br2ClN2O2. The average Bonchev–Trinajstić information content (AvgIpc) is 2.71. The van der Waals surface area contributed by atoms with Gasteiger partial charge in [-0.25, -0.2) is 0 Å². The first-order valence-corrected chi connectivity index (χ1v) is 10.5. The van der Waals surface area contributed by atoms with Crippen LogP contribution in [0.4, 0.5) is 5.69 Å². The molecule has 29 heavy (non-hydrogen) atoms. The van der Waals surface area contributed by atoms with Gasteiger partial charge in [-0.05, 0) is 60.2 Å². The maximum atomic E-state index is 12.9. The van der Waals surface area contributed by atoms with Crippen molar-refractivity contribution in [2.75, 3.05) is 5.32 Å². The van der Waals surface area contributed by atoms with Crippen LogP contribution in [0.25, 0.3) is 6.08 Å². The molecule has 0 aromatic heterocycles. The summed E-state index contributed by atoms with van der Waals surface area (Å²) in [6.07, 6.45) is 1.61. The lowest BCUT2D eigenvalue weighted by atomic mass is 10.1. The van der Waals surface area contributed by atoms with E-state index in [-0.39, 0.29) is 11.3 Å². The molecule has 0 saturated carbocycles. The normalized spacial score (nSPS) is 11.1. The Hall–Kier alpha value is -2.41. The molecule has 3 aromatic rings. The molecule has 0 radical (unpaired) electrons. The van der Waals surface area contributed by atoms with Gasteiger partial charge in [0.1, 0.15) is 5.70 Å². The van der Waals surface area contributed by atoms with Crippen LogP contribution in [0.2, 0.25) is 5.02 Å². The van der Waals surface area contributed by atoms with Gasteiger partial charge < -0.3 is 10.6 Å². The molecule has 2 amide bonds. The van der Waals surface area contributed by atoms with E-state index in [2.05, 4.69) is 42.5 Å². The second kappa shape index (κ2) is 9.87. The van der Waals surface area contributed by atoms with Crippen molar-refractivity contribution < 1.29 is 9.59 Å². The van der Waals surface area contributed by atoms with Crippen molar-refractivity contribution in [3.05, 3.63) is 104 Å². The number of rotatable bonds is 5. The van der Waals surface area contributed by atoms with Crippen LogP contribution < -0.4 is 10.6 Å². The van der Waals surface area contributed by atoms with Crippen molar-refractivity contribution in [1.29, 1.82) is 0 Å². The molecule has 0 unspecified atom stereocenters. The summed E-state index contributed by atoms with van der Waals surface area (Å²) >= 11 is 12.9. The van der Waals surface area contributed by atoms with Crippen molar-refractivity contribution in [3.63, 3.8) is 0 Å². The first-order valence-electron chi connectivity index (χ1n) is 8.52. The van der Waals surface area contributed by atoms with Gasteiger partial charge in [-0.2, -0.15) is 0 Å². The van der Waals surface area contributed by atoms with Crippen LogP contribution in [-0.2, 0) is 4.79 Å². The minimum atomic E-state index is -0.468. The summed E-state index contributed by atoms with van der Waals surface area (Å²) in [6.45, 7) is 0. The topological polar surface area (TPSA) is 58.2 Å². The molecule has 3 aromatic carbocycles. The second-order valence-electron chi connectivity index (χ2n) is 6.00. The van der Waals surface area contributed by atoms with E-state index in [4.69, 9.17) is 11.6 Å². The van der Waals surface area contributed by atoms with E-state index in [0.717, 1.165) is 14.5 Å². The minimum Gasteiger partial charge on any atom is -0.321 e. The van der Waals surface area contributed by atoms with E-state index in [1.807, 2.05) is 36.4 Å². The van der Waals surface area contributed by atoms with E-state index in [1.54, 1.807) is 42.5 Å². The van der Waals surface area contributed by atoms with E-state index in [1.165, 1.54) is 0 Å². The fourth-order valence-electron chi connectivity index (χ4n) is 2.45. The van der Waals surface area contributed by atoms with Gasteiger partial charge in [0.15, 0.2) is 0 Å². The molecule has 146 valence electrons. The number of carbonyl (C=O) groups excluding carboxylic acids is 2. The summed E-state index contributed by atoms with van der Waals surface area (Å²) < 4.78 is 1.81. The quantitative estimate of drug-likeness (QED) is 0.379. The summed E-state index contributed by atoms with van der Waals surface area (Å²) in [5, 5.41) is 5.77.